The van der Waals surface area contributed by atoms with Crippen LogP contribution >= 0.6 is 0 Å². The molecule has 0 aromatic heterocycles. The van der Waals surface area contributed by atoms with Crippen LogP contribution in [0.15, 0.2) is 35.5 Å². The molecule has 0 aliphatic rings. The Hall–Kier alpha value is -2.63. The molecule has 6 nitrogen and oxygen atoms in total. The molecule has 0 bridgehead atoms. The van der Waals surface area contributed by atoms with Crippen molar-refractivity contribution in [3.63, 3.8) is 0 Å². The van der Waals surface area contributed by atoms with Crippen molar-refractivity contribution >= 4 is 23.7 Å². The van der Waals surface area contributed by atoms with Gasteiger partial charge in [0.15, 0.2) is 5.71 Å². The number of carbonyl (C=O) groups excluding carboxylic acids is 2. The molecule has 0 radical (unpaired) electrons. The molecular weight excluding hydrogens is 298 g/mol. The summed E-state index contributed by atoms with van der Waals surface area (Å²) in [6, 6.07) is 6.95. The Bertz CT molecular complexity index is 626. The summed E-state index contributed by atoms with van der Waals surface area (Å²) in [5.41, 5.74) is 0.537. The van der Waals surface area contributed by atoms with E-state index in [1.54, 1.807) is 51.1 Å². The third kappa shape index (κ3) is 5.94. The minimum Gasteiger partial charge on any atom is -0.464 e. The number of nitrogens with zero attached hydrogens (tertiary/aromatic N) is 1. The van der Waals surface area contributed by atoms with Gasteiger partial charge in [0.1, 0.15) is 12.7 Å². The lowest BCUT2D eigenvalue weighted by atomic mass is 10.0. The summed E-state index contributed by atoms with van der Waals surface area (Å²) in [6.45, 7) is 5.36. The largest absolute Gasteiger partial charge is 0.464 e. The molecular formula is C17H21NO5. The number of hydrogen-bond donors (Lipinski definition) is 0. The lowest BCUT2D eigenvalue weighted by Gasteiger charge is -2.18. The van der Waals surface area contributed by atoms with Crippen LogP contribution in [0.2, 0.25) is 0 Å². The third-order valence-corrected chi connectivity index (χ3v) is 2.58. The molecule has 0 amide bonds. The Morgan fingerprint density at radius 1 is 1.13 bits per heavy atom. The van der Waals surface area contributed by atoms with Crippen molar-refractivity contribution in [1.82, 2.24) is 0 Å². The number of ether oxygens (including phenoxy) is 2. The summed E-state index contributed by atoms with van der Waals surface area (Å²) < 4.78 is 9.90. The number of rotatable bonds is 5. The second-order valence-electron chi connectivity index (χ2n) is 5.57. The van der Waals surface area contributed by atoms with Gasteiger partial charge in [-0.1, -0.05) is 29.4 Å². The van der Waals surface area contributed by atoms with Gasteiger partial charge in [-0.3, -0.25) is 0 Å². The molecule has 0 spiro atoms. The van der Waals surface area contributed by atoms with Crippen LogP contribution in [0.3, 0.4) is 0 Å². The van der Waals surface area contributed by atoms with E-state index < -0.39 is 17.5 Å². The molecule has 0 unspecified atom stereocenters. The van der Waals surface area contributed by atoms with Gasteiger partial charge in [-0.05, 0) is 32.4 Å². The Morgan fingerprint density at radius 2 is 1.78 bits per heavy atom. The van der Waals surface area contributed by atoms with Gasteiger partial charge in [0.05, 0.1) is 7.11 Å². The molecule has 0 fully saturated rings. The SMILES string of the molecule is CON=C(C(=O)OC)c1ccccc1/C=C/C(=O)OC(C)(C)C. The molecule has 0 aliphatic carbocycles. The van der Waals surface area contributed by atoms with Crippen LogP contribution in [0.25, 0.3) is 6.08 Å². The topological polar surface area (TPSA) is 74.2 Å². The molecule has 1 rings (SSSR count). The van der Waals surface area contributed by atoms with Gasteiger partial charge in [-0.25, -0.2) is 9.59 Å². The van der Waals surface area contributed by atoms with E-state index in [1.165, 1.54) is 20.3 Å². The van der Waals surface area contributed by atoms with Gasteiger partial charge in [0.25, 0.3) is 0 Å². The molecule has 0 saturated carbocycles. The Balaban J connectivity index is 3.13. The minimum absolute atomic E-state index is 0.0134. The first-order valence-corrected chi connectivity index (χ1v) is 6.98. The fourth-order valence-corrected chi connectivity index (χ4v) is 1.74. The minimum atomic E-state index is -0.634. The highest BCUT2D eigenvalue weighted by atomic mass is 16.6. The lowest BCUT2D eigenvalue weighted by Crippen LogP contribution is -2.22. The van der Waals surface area contributed by atoms with Crippen molar-refractivity contribution in [1.29, 1.82) is 0 Å². The zero-order valence-electron chi connectivity index (χ0n) is 14.0. The highest BCUT2D eigenvalue weighted by Crippen LogP contribution is 2.14. The van der Waals surface area contributed by atoms with E-state index >= 15 is 0 Å². The molecule has 1 aromatic rings. The van der Waals surface area contributed by atoms with Gasteiger partial charge in [-0.15, -0.1) is 0 Å². The number of carbonyl (C=O) groups is 2. The van der Waals surface area contributed by atoms with Gasteiger partial charge < -0.3 is 14.3 Å². The standard InChI is InChI=1S/C17H21NO5/c1-17(2,3)23-14(19)11-10-12-8-6-7-9-13(12)15(18-22-5)16(20)21-4/h6-11H,1-5H3/b11-10+,18-15?. The molecule has 1 aromatic carbocycles. The van der Waals surface area contributed by atoms with Crippen molar-refractivity contribution in [2.24, 2.45) is 5.16 Å². The Labute approximate surface area is 135 Å². The number of esters is 2. The summed E-state index contributed by atoms with van der Waals surface area (Å²) >= 11 is 0. The summed E-state index contributed by atoms with van der Waals surface area (Å²) in [5, 5.41) is 3.70. The predicted molar refractivity (Wildman–Crippen MR) is 86.9 cm³/mol. The van der Waals surface area contributed by atoms with Crippen LogP contribution in [0.4, 0.5) is 0 Å². The smallest absolute Gasteiger partial charge is 0.360 e. The second kappa shape index (κ2) is 8.12. The van der Waals surface area contributed by atoms with Crippen LogP contribution < -0.4 is 0 Å². The van der Waals surface area contributed by atoms with E-state index in [0.29, 0.717) is 11.1 Å². The highest BCUT2D eigenvalue weighted by Gasteiger charge is 2.18. The van der Waals surface area contributed by atoms with Crippen LogP contribution in [0, 0.1) is 0 Å². The summed E-state index contributed by atoms with van der Waals surface area (Å²) in [4.78, 5) is 28.3. The third-order valence-electron chi connectivity index (χ3n) is 2.58. The number of methoxy groups -OCH3 is 1. The van der Waals surface area contributed by atoms with Crippen molar-refractivity contribution < 1.29 is 23.9 Å². The van der Waals surface area contributed by atoms with E-state index in [4.69, 9.17) is 14.3 Å². The Kier molecular flexibility index (Phi) is 6.50. The molecule has 6 heteroatoms. The molecule has 0 aliphatic heterocycles. The summed E-state index contributed by atoms with van der Waals surface area (Å²) in [6.07, 6.45) is 2.85. The lowest BCUT2D eigenvalue weighted by molar-refractivity contribution is -0.148. The van der Waals surface area contributed by atoms with Gasteiger partial charge in [0.2, 0.25) is 0 Å². The fraction of sp³-hybridized carbons (Fsp3) is 0.353. The zero-order valence-corrected chi connectivity index (χ0v) is 14.0. The van der Waals surface area contributed by atoms with E-state index in [1.807, 2.05) is 0 Å². The molecule has 23 heavy (non-hydrogen) atoms. The van der Waals surface area contributed by atoms with E-state index in [0.717, 1.165) is 0 Å². The van der Waals surface area contributed by atoms with Crippen molar-refractivity contribution in [3.05, 3.63) is 41.5 Å². The first kappa shape index (κ1) is 18.4. The average molecular weight is 319 g/mol. The van der Waals surface area contributed by atoms with E-state index in [9.17, 15) is 9.59 Å². The van der Waals surface area contributed by atoms with Crippen LogP contribution in [-0.4, -0.2) is 37.5 Å². The fourth-order valence-electron chi connectivity index (χ4n) is 1.74. The van der Waals surface area contributed by atoms with Gasteiger partial charge >= 0.3 is 11.9 Å². The van der Waals surface area contributed by atoms with Crippen LogP contribution in [0.1, 0.15) is 31.9 Å². The second-order valence-corrected chi connectivity index (χ2v) is 5.57. The molecule has 124 valence electrons. The van der Waals surface area contributed by atoms with E-state index in [2.05, 4.69) is 5.16 Å². The average Bonchev–Trinajstić information content (AvgIpc) is 2.48. The first-order chi connectivity index (χ1) is 10.8. The van der Waals surface area contributed by atoms with Crippen LogP contribution in [-0.2, 0) is 23.9 Å². The zero-order chi connectivity index (χ0) is 17.5. The normalized spacial score (nSPS) is 12.1. The monoisotopic (exact) mass is 319 g/mol. The van der Waals surface area contributed by atoms with Crippen molar-refractivity contribution in [3.8, 4) is 0 Å². The number of oxime groups is 1. The Morgan fingerprint density at radius 3 is 2.35 bits per heavy atom. The predicted octanol–water partition coefficient (Wildman–Crippen LogP) is 2.57. The van der Waals surface area contributed by atoms with Gasteiger partial charge in [0, 0.05) is 11.6 Å². The highest BCUT2D eigenvalue weighted by molar-refractivity contribution is 6.43. The maximum Gasteiger partial charge on any atom is 0.360 e. The van der Waals surface area contributed by atoms with Crippen molar-refractivity contribution in [2.75, 3.05) is 14.2 Å². The molecule has 0 heterocycles. The van der Waals surface area contributed by atoms with E-state index in [-0.39, 0.29) is 5.71 Å². The maximum atomic E-state index is 11.8. The molecule has 0 saturated heterocycles. The summed E-state index contributed by atoms with van der Waals surface area (Å²) in [7, 11) is 2.59. The first-order valence-electron chi connectivity index (χ1n) is 6.98. The van der Waals surface area contributed by atoms with Gasteiger partial charge in [-0.2, -0.15) is 0 Å². The quantitative estimate of drug-likeness (QED) is 0.361. The van der Waals surface area contributed by atoms with Crippen LogP contribution in [0.5, 0.6) is 0 Å². The van der Waals surface area contributed by atoms with Crippen molar-refractivity contribution in [2.45, 2.75) is 26.4 Å². The molecule has 0 N–H and O–H groups in total. The summed E-state index contributed by atoms with van der Waals surface area (Å²) in [5.74, 6) is -1.11. The molecule has 0 atom stereocenters. The number of benzene rings is 1. The number of hydrogen-bond acceptors (Lipinski definition) is 6. The maximum absolute atomic E-state index is 11.8.